The molecule has 21 heavy (non-hydrogen) atoms. The molecular formula is C16H13F2NO2. The van der Waals surface area contributed by atoms with Gasteiger partial charge in [-0.25, -0.2) is 0 Å². The first-order chi connectivity index (χ1) is 9.95. The summed E-state index contributed by atoms with van der Waals surface area (Å²) in [6.07, 6.45) is 4.51. The number of rotatable bonds is 2. The van der Waals surface area contributed by atoms with E-state index < -0.39 is 17.2 Å². The number of nitrogens with zero attached hydrogens (tertiary/aromatic N) is 1. The highest BCUT2D eigenvalue weighted by molar-refractivity contribution is 6.01. The largest absolute Gasteiger partial charge is 0.338 e. The average Bonchev–Trinajstić information content (AvgIpc) is 2.65. The monoisotopic (exact) mass is 289 g/mol. The average molecular weight is 289 g/mol. The second-order valence-electron chi connectivity index (χ2n) is 5.33. The van der Waals surface area contributed by atoms with Gasteiger partial charge in [-0.3, -0.25) is 9.59 Å². The molecule has 0 aromatic heterocycles. The summed E-state index contributed by atoms with van der Waals surface area (Å²) < 4.78 is 28.7. The molecular weight excluding hydrogens is 276 g/mol. The van der Waals surface area contributed by atoms with Crippen LogP contribution in [-0.2, 0) is 16.1 Å². The van der Waals surface area contributed by atoms with Crippen molar-refractivity contribution in [3.63, 3.8) is 0 Å². The van der Waals surface area contributed by atoms with Crippen molar-refractivity contribution in [2.75, 3.05) is 6.54 Å². The van der Waals surface area contributed by atoms with Crippen molar-refractivity contribution in [2.45, 2.75) is 12.5 Å². The highest BCUT2D eigenvalue weighted by Gasteiger charge is 2.64. The number of carbonyl (C=O) groups excluding carboxylic acids is 2. The van der Waals surface area contributed by atoms with Crippen LogP contribution in [0.3, 0.4) is 0 Å². The van der Waals surface area contributed by atoms with Gasteiger partial charge in [0, 0.05) is 13.1 Å². The molecule has 108 valence electrons. The molecule has 3 rings (SSSR count). The molecule has 0 saturated carbocycles. The Morgan fingerprint density at radius 1 is 1.05 bits per heavy atom. The van der Waals surface area contributed by atoms with Gasteiger partial charge in [0.15, 0.2) is 5.78 Å². The molecule has 5 heteroatoms. The van der Waals surface area contributed by atoms with Crippen LogP contribution in [0.15, 0.2) is 54.6 Å². The molecule has 1 aromatic rings. The molecule has 1 amide bonds. The molecule has 1 heterocycles. The highest BCUT2D eigenvalue weighted by atomic mass is 19.3. The number of alkyl halides is 2. The zero-order valence-electron chi connectivity index (χ0n) is 11.1. The van der Waals surface area contributed by atoms with Gasteiger partial charge in [-0.15, -0.1) is 0 Å². The van der Waals surface area contributed by atoms with E-state index in [0.29, 0.717) is 0 Å². The first-order valence-electron chi connectivity index (χ1n) is 6.58. The topological polar surface area (TPSA) is 37.4 Å². The molecule has 3 nitrogen and oxygen atoms in total. The van der Waals surface area contributed by atoms with Crippen LogP contribution in [0.1, 0.15) is 5.56 Å². The number of hydrogen-bond acceptors (Lipinski definition) is 2. The predicted molar refractivity (Wildman–Crippen MR) is 72.5 cm³/mol. The maximum Gasteiger partial charge on any atom is 0.338 e. The number of hydrogen-bond donors (Lipinski definition) is 0. The number of allylic oxidation sites excluding steroid dienone is 2. The molecule has 0 atom stereocenters. The Morgan fingerprint density at radius 2 is 1.67 bits per heavy atom. The number of ketones is 1. The van der Waals surface area contributed by atoms with Crippen molar-refractivity contribution in [2.24, 2.45) is 5.41 Å². The molecule has 1 spiro atoms. The van der Waals surface area contributed by atoms with Crippen LogP contribution in [0.4, 0.5) is 8.78 Å². The quantitative estimate of drug-likeness (QED) is 0.838. The summed E-state index contributed by atoms with van der Waals surface area (Å²) >= 11 is 0. The molecule has 1 saturated heterocycles. The Labute approximate surface area is 120 Å². The lowest BCUT2D eigenvalue weighted by Crippen LogP contribution is -2.41. The van der Waals surface area contributed by atoms with E-state index in [0.717, 1.165) is 34.8 Å². The van der Waals surface area contributed by atoms with E-state index >= 15 is 0 Å². The van der Waals surface area contributed by atoms with E-state index in [1.165, 1.54) is 0 Å². The van der Waals surface area contributed by atoms with Gasteiger partial charge >= 0.3 is 5.92 Å². The molecule has 1 aliphatic carbocycles. The third-order valence-electron chi connectivity index (χ3n) is 3.90. The Morgan fingerprint density at radius 3 is 2.29 bits per heavy atom. The minimum absolute atomic E-state index is 0.131. The third kappa shape index (κ3) is 2.09. The summed E-state index contributed by atoms with van der Waals surface area (Å²) in [5, 5.41) is 0. The second-order valence-corrected chi connectivity index (χ2v) is 5.33. The number of halogens is 2. The van der Waals surface area contributed by atoms with E-state index in [9.17, 15) is 18.4 Å². The van der Waals surface area contributed by atoms with Gasteiger partial charge in [0.2, 0.25) is 0 Å². The summed E-state index contributed by atoms with van der Waals surface area (Å²) in [6.45, 7) is 0.000642. The van der Waals surface area contributed by atoms with Crippen molar-refractivity contribution in [3.8, 4) is 0 Å². The van der Waals surface area contributed by atoms with Crippen LogP contribution in [0.2, 0.25) is 0 Å². The Balaban J connectivity index is 1.90. The van der Waals surface area contributed by atoms with Crippen molar-refractivity contribution in [1.29, 1.82) is 0 Å². The molecule has 1 aliphatic heterocycles. The molecule has 0 unspecified atom stereocenters. The molecule has 1 fully saturated rings. The standard InChI is InChI=1S/C16H13F2NO2/c17-16(18)14(21)19(10-12-4-2-1-3-5-12)11-15(16)8-6-13(20)7-9-15/h1-9H,10-11H2. The Kier molecular flexibility index (Phi) is 3.01. The maximum absolute atomic E-state index is 14.4. The summed E-state index contributed by atoms with van der Waals surface area (Å²) in [7, 11) is 0. The van der Waals surface area contributed by atoms with Crippen molar-refractivity contribution in [3.05, 3.63) is 60.2 Å². The van der Waals surface area contributed by atoms with Gasteiger partial charge in [0.05, 0.1) is 5.41 Å². The summed E-state index contributed by atoms with van der Waals surface area (Å²) in [5.74, 6) is -5.07. The smallest absolute Gasteiger partial charge is 0.332 e. The predicted octanol–water partition coefficient (Wildman–Crippen LogP) is 2.35. The van der Waals surface area contributed by atoms with Crippen molar-refractivity contribution >= 4 is 11.7 Å². The molecule has 1 aromatic carbocycles. The van der Waals surface area contributed by atoms with Crippen LogP contribution in [0, 0.1) is 5.41 Å². The third-order valence-corrected chi connectivity index (χ3v) is 3.90. The van der Waals surface area contributed by atoms with Gasteiger partial charge < -0.3 is 4.90 Å². The molecule has 2 aliphatic rings. The number of amides is 1. The normalized spacial score (nSPS) is 22.3. The summed E-state index contributed by atoms with van der Waals surface area (Å²) in [6, 6.07) is 8.98. The number of benzene rings is 1. The second kappa shape index (κ2) is 4.62. The van der Waals surface area contributed by atoms with E-state index in [4.69, 9.17) is 0 Å². The fraction of sp³-hybridized carbons (Fsp3) is 0.250. The van der Waals surface area contributed by atoms with Gasteiger partial charge in [-0.2, -0.15) is 8.78 Å². The first kappa shape index (κ1) is 13.7. The van der Waals surface area contributed by atoms with Crippen molar-refractivity contribution < 1.29 is 18.4 Å². The Hall–Kier alpha value is -2.30. The fourth-order valence-electron chi connectivity index (χ4n) is 2.70. The van der Waals surface area contributed by atoms with Gasteiger partial charge in [0.1, 0.15) is 0 Å². The van der Waals surface area contributed by atoms with Crippen molar-refractivity contribution in [1.82, 2.24) is 4.90 Å². The summed E-state index contributed by atoms with van der Waals surface area (Å²) in [4.78, 5) is 24.3. The Bertz CT molecular complexity index is 634. The molecule has 0 bridgehead atoms. The highest BCUT2D eigenvalue weighted by Crippen LogP contribution is 2.48. The van der Waals surface area contributed by atoms with Gasteiger partial charge in [0.25, 0.3) is 5.91 Å². The lowest BCUT2D eigenvalue weighted by atomic mass is 9.80. The van der Waals surface area contributed by atoms with E-state index in [1.54, 1.807) is 24.3 Å². The van der Waals surface area contributed by atoms with E-state index in [2.05, 4.69) is 0 Å². The minimum atomic E-state index is -3.53. The zero-order valence-corrected chi connectivity index (χ0v) is 11.1. The maximum atomic E-state index is 14.4. The van der Waals surface area contributed by atoms with E-state index in [-0.39, 0.29) is 18.9 Å². The number of carbonyl (C=O) groups is 2. The van der Waals surface area contributed by atoms with Gasteiger partial charge in [-0.05, 0) is 17.7 Å². The first-order valence-corrected chi connectivity index (χ1v) is 6.58. The molecule has 0 radical (unpaired) electrons. The molecule has 0 N–H and O–H groups in total. The zero-order chi connectivity index (χ0) is 15.1. The lowest BCUT2D eigenvalue weighted by Gasteiger charge is -2.27. The van der Waals surface area contributed by atoms with E-state index in [1.807, 2.05) is 6.07 Å². The van der Waals surface area contributed by atoms with Crippen LogP contribution in [0.25, 0.3) is 0 Å². The SMILES string of the molecule is O=C1C=CC2(C=C1)CN(Cc1ccccc1)C(=O)C2(F)F. The van der Waals surface area contributed by atoms with Crippen LogP contribution < -0.4 is 0 Å². The lowest BCUT2D eigenvalue weighted by molar-refractivity contribution is -0.153. The minimum Gasteiger partial charge on any atom is -0.332 e. The van der Waals surface area contributed by atoms with Gasteiger partial charge in [-0.1, -0.05) is 42.5 Å². The number of likely N-dealkylation sites (tertiary alicyclic amines) is 1. The van der Waals surface area contributed by atoms with Crippen LogP contribution >= 0.6 is 0 Å². The fourth-order valence-corrected chi connectivity index (χ4v) is 2.70. The van der Waals surface area contributed by atoms with Crippen LogP contribution in [-0.4, -0.2) is 29.1 Å². The van der Waals surface area contributed by atoms with Crippen LogP contribution in [0.5, 0.6) is 0 Å². The summed E-state index contributed by atoms with van der Waals surface area (Å²) in [5.41, 5.74) is -0.925.